The number of carbonyl (C=O) groups excluding carboxylic acids is 2. The van der Waals surface area contributed by atoms with Gasteiger partial charge in [-0.1, -0.05) is 12.1 Å². The Morgan fingerprint density at radius 2 is 2.00 bits per heavy atom. The number of para-hydroxylation sites is 2. The Morgan fingerprint density at radius 1 is 1.35 bits per heavy atom. The van der Waals surface area contributed by atoms with E-state index in [0.717, 1.165) is 0 Å². The summed E-state index contributed by atoms with van der Waals surface area (Å²) in [5.41, 5.74) is 0.725. The summed E-state index contributed by atoms with van der Waals surface area (Å²) in [5.74, 6) is -0.101. The molecule has 0 fully saturated rings. The number of hydrogen-bond acceptors (Lipinski definition) is 3. The minimum absolute atomic E-state index is 0.101. The molecule has 20 heavy (non-hydrogen) atoms. The average molecular weight is 276 g/mol. The maximum absolute atomic E-state index is 12.4. The molecule has 5 nitrogen and oxygen atoms in total. The zero-order valence-electron chi connectivity index (χ0n) is 12.3. The quantitative estimate of drug-likeness (QED) is 0.791. The lowest BCUT2D eigenvalue weighted by Crippen LogP contribution is -2.42. The molecule has 1 aliphatic heterocycles. The number of nitrogens with zero attached hydrogens (tertiary/aromatic N) is 1. The van der Waals surface area contributed by atoms with Crippen molar-refractivity contribution in [2.75, 3.05) is 10.2 Å². The van der Waals surface area contributed by atoms with Crippen LogP contribution in [0.3, 0.4) is 0 Å². The van der Waals surface area contributed by atoms with Crippen LogP contribution in [0.4, 0.5) is 16.2 Å². The molecule has 1 aromatic carbocycles. The fourth-order valence-electron chi connectivity index (χ4n) is 2.18. The summed E-state index contributed by atoms with van der Waals surface area (Å²) in [6, 6.07) is 6.99. The third-order valence-corrected chi connectivity index (χ3v) is 2.95. The van der Waals surface area contributed by atoms with Crippen LogP contribution in [0.5, 0.6) is 0 Å². The van der Waals surface area contributed by atoms with Crippen LogP contribution in [-0.4, -0.2) is 23.6 Å². The van der Waals surface area contributed by atoms with Gasteiger partial charge in [0.15, 0.2) is 0 Å². The number of carbonyl (C=O) groups is 2. The van der Waals surface area contributed by atoms with Crippen LogP contribution in [0.15, 0.2) is 24.3 Å². The third-order valence-electron chi connectivity index (χ3n) is 2.95. The number of amides is 2. The van der Waals surface area contributed by atoms with Crippen molar-refractivity contribution < 1.29 is 14.3 Å². The first-order valence-corrected chi connectivity index (χ1v) is 6.69. The molecule has 2 amide bonds. The van der Waals surface area contributed by atoms with E-state index < -0.39 is 11.7 Å². The van der Waals surface area contributed by atoms with Gasteiger partial charge in [0.1, 0.15) is 5.60 Å². The zero-order valence-corrected chi connectivity index (χ0v) is 12.3. The number of nitrogens with one attached hydrogen (secondary N) is 1. The first-order chi connectivity index (χ1) is 9.28. The highest BCUT2D eigenvalue weighted by atomic mass is 16.6. The molecule has 0 bridgehead atoms. The van der Waals surface area contributed by atoms with E-state index >= 15 is 0 Å². The molecule has 0 aliphatic carbocycles. The Kier molecular flexibility index (Phi) is 3.70. The fourth-order valence-corrected chi connectivity index (χ4v) is 2.18. The van der Waals surface area contributed by atoms with Crippen molar-refractivity contribution in [1.82, 2.24) is 0 Å². The van der Waals surface area contributed by atoms with Gasteiger partial charge in [-0.05, 0) is 39.8 Å². The number of hydrogen-bond donors (Lipinski definition) is 1. The second-order valence-electron chi connectivity index (χ2n) is 5.97. The molecule has 0 radical (unpaired) electrons. The minimum Gasteiger partial charge on any atom is -0.443 e. The second-order valence-corrected chi connectivity index (χ2v) is 5.97. The van der Waals surface area contributed by atoms with Gasteiger partial charge in [0.2, 0.25) is 5.91 Å². The summed E-state index contributed by atoms with van der Waals surface area (Å²) in [6.07, 6.45) is -0.192. The van der Waals surface area contributed by atoms with Crippen LogP contribution in [0.25, 0.3) is 0 Å². The van der Waals surface area contributed by atoms with Gasteiger partial charge in [-0.3, -0.25) is 9.69 Å². The molecule has 5 heteroatoms. The summed E-state index contributed by atoms with van der Waals surface area (Å²) < 4.78 is 5.44. The van der Waals surface area contributed by atoms with Crippen molar-refractivity contribution in [1.29, 1.82) is 0 Å². The fraction of sp³-hybridized carbons (Fsp3) is 0.467. The predicted octanol–water partition coefficient (Wildman–Crippen LogP) is 3.16. The Morgan fingerprint density at radius 3 is 2.65 bits per heavy atom. The van der Waals surface area contributed by atoms with Crippen molar-refractivity contribution in [2.45, 2.75) is 45.8 Å². The number of ether oxygens (including phenoxy) is 1. The average Bonchev–Trinajstić information content (AvgIpc) is 2.40. The summed E-state index contributed by atoms with van der Waals surface area (Å²) in [4.78, 5) is 25.8. The van der Waals surface area contributed by atoms with Crippen LogP contribution in [-0.2, 0) is 9.53 Å². The monoisotopic (exact) mass is 276 g/mol. The van der Waals surface area contributed by atoms with Crippen LogP contribution >= 0.6 is 0 Å². The highest BCUT2D eigenvalue weighted by Crippen LogP contribution is 2.32. The molecule has 0 saturated heterocycles. The van der Waals surface area contributed by atoms with Gasteiger partial charge in [0.05, 0.1) is 11.4 Å². The topological polar surface area (TPSA) is 58.6 Å². The van der Waals surface area contributed by atoms with Crippen molar-refractivity contribution in [2.24, 2.45) is 0 Å². The van der Waals surface area contributed by atoms with Gasteiger partial charge in [-0.2, -0.15) is 0 Å². The van der Waals surface area contributed by atoms with E-state index in [2.05, 4.69) is 5.32 Å². The maximum atomic E-state index is 12.4. The smallest absolute Gasteiger partial charge is 0.415 e. The van der Waals surface area contributed by atoms with Gasteiger partial charge < -0.3 is 10.1 Å². The van der Waals surface area contributed by atoms with E-state index in [9.17, 15) is 9.59 Å². The Bertz CT molecular complexity index is 534. The molecule has 1 heterocycles. The predicted molar refractivity (Wildman–Crippen MR) is 77.9 cm³/mol. The summed E-state index contributed by atoms with van der Waals surface area (Å²) in [5, 5.41) is 2.81. The zero-order chi connectivity index (χ0) is 14.9. The van der Waals surface area contributed by atoms with E-state index in [-0.39, 0.29) is 18.4 Å². The standard InChI is InChI=1S/C15H20N2O3/c1-10-9-13(18)16-11-7-5-6-8-12(11)17(10)14(19)20-15(2,3)4/h5-8,10H,9H2,1-4H3,(H,16,18). The Hall–Kier alpha value is -2.04. The van der Waals surface area contributed by atoms with E-state index in [0.29, 0.717) is 11.4 Å². The van der Waals surface area contributed by atoms with Crippen LogP contribution in [0, 0.1) is 0 Å². The molecular weight excluding hydrogens is 256 g/mol. The van der Waals surface area contributed by atoms with Crippen molar-refractivity contribution in [3.63, 3.8) is 0 Å². The lowest BCUT2D eigenvalue weighted by molar-refractivity contribution is -0.116. The number of rotatable bonds is 0. The van der Waals surface area contributed by atoms with Crippen LogP contribution < -0.4 is 10.2 Å². The van der Waals surface area contributed by atoms with Crippen molar-refractivity contribution in [3.05, 3.63) is 24.3 Å². The van der Waals surface area contributed by atoms with Crippen LogP contribution in [0.1, 0.15) is 34.1 Å². The van der Waals surface area contributed by atoms with Crippen molar-refractivity contribution >= 4 is 23.4 Å². The summed E-state index contributed by atoms with van der Waals surface area (Å²) in [6.45, 7) is 7.31. The summed E-state index contributed by atoms with van der Waals surface area (Å²) >= 11 is 0. The molecule has 0 aromatic heterocycles. The van der Waals surface area contributed by atoms with Gasteiger partial charge in [0.25, 0.3) is 0 Å². The molecule has 0 saturated carbocycles. The minimum atomic E-state index is -0.574. The first-order valence-electron chi connectivity index (χ1n) is 6.69. The highest BCUT2D eigenvalue weighted by Gasteiger charge is 2.32. The largest absolute Gasteiger partial charge is 0.443 e. The van der Waals surface area contributed by atoms with E-state index in [1.54, 1.807) is 17.0 Å². The Labute approximate surface area is 118 Å². The molecule has 1 aliphatic rings. The lowest BCUT2D eigenvalue weighted by atomic mass is 10.2. The van der Waals surface area contributed by atoms with Gasteiger partial charge in [-0.15, -0.1) is 0 Å². The third kappa shape index (κ3) is 3.10. The first kappa shape index (κ1) is 14.4. The van der Waals surface area contributed by atoms with Crippen molar-refractivity contribution in [3.8, 4) is 0 Å². The molecule has 1 aromatic rings. The van der Waals surface area contributed by atoms with E-state index in [1.165, 1.54) is 0 Å². The van der Waals surface area contributed by atoms with E-state index in [4.69, 9.17) is 4.74 Å². The SMILES string of the molecule is CC1CC(=O)Nc2ccccc2N1C(=O)OC(C)(C)C. The lowest BCUT2D eigenvalue weighted by Gasteiger charge is -2.30. The summed E-state index contributed by atoms with van der Waals surface area (Å²) in [7, 11) is 0. The van der Waals surface area contributed by atoms with Gasteiger partial charge >= 0.3 is 6.09 Å². The molecule has 1 atom stereocenters. The molecule has 2 rings (SSSR count). The number of fused-ring (bicyclic) bond motifs is 1. The molecular formula is C15H20N2O3. The number of anilines is 2. The number of benzene rings is 1. The van der Waals surface area contributed by atoms with Gasteiger partial charge in [0, 0.05) is 12.5 Å². The Balaban J connectivity index is 2.39. The maximum Gasteiger partial charge on any atom is 0.415 e. The molecule has 108 valence electrons. The molecule has 1 N–H and O–H groups in total. The highest BCUT2D eigenvalue weighted by molar-refractivity contribution is 6.02. The second kappa shape index (κ2) is 5.15. The van der Waals surface area contributed by atoms with E-state index in [1.807, 2.05) is 39.8 Å². The normalized spacial score (nSPS) is 18.9. The molecule has 0 spiro atoms. The van der Waals surface area contributed by atoms with Crippen LogP contribution in [0.2, 0.25) is 0 Å². The van der Waals surface area contributed by atoms with Gasteiger partial charge in [-0.25, -0.2) is 4.79 Å². The molecule has 1 unspecified atom stereocenters.